The number of carbonyl (C=O) groups is 3. The van der Waals surface area contributed by atoms with E-state index in [9.17, 15) is 14.4 Å². The van der Waals surface area contributed by atoms with Crippen LogP contribution >= 0.6 is 0 Å². The first-order valence-corrected chi connectivity index (χ1v) is 11.7. The molecule has 0 bridgehead atoms. The summed E-state index contributed by atoms with van der Waals surface area (Å²) < 4.78 is 0. The van der Waals surface area contributed by atoms with Gasteiger partial charge in [0.2, 0.25) is 17.7 Å². The summed E-state index contributed by atoms with van der Waals surface area (Å²) in [5.74, 6) is 0.253. The van der Waals surface area contributed by atoms with Crippen molar-refractivity contribution in [3.63, 3.8) is 0 Å². The van der Waals surface area contributed by atoms with Crippen LogP contribution in [0.3, 0.4) is 0 Å². The van der Waals surface area contributed by atoms with E-state index in [1.807, 2.05) is 50.2 Å². The van der Waals surface area contributed by atoms with Crippen LogP contribution in [0.4, 0.5) is 11.5 Å². The van der Waals surface area contributed by atoms with Gasteiger partial charge < -0.3 is 20.4 Å². The minimum Gasteiger partial charge on any atom is -0.354 e. The topological polar surface area (TPSA) is 97.9 Å². The number of nitrogens with one attached hydrogen (secondary N) is 2. The average molecular weight is 465 g/mol. The molecule has 2 aliphatic rings. The van der Waals surface area contributed by atoms with Crippen LogP contribution in [0, 0.1) is 13.8 Å². The Morgan fingerprint density at radius 2 is 1.85 bits per heavy atom. The predicted molar refractivity (Wildman–Crippen MR) is 131 cm³/mol. The first-order chi connectivity index (χ1) is 16.4. The van der Waals surface area contributed by atoms with E-state index in [-0.39, 0.29) is 30.7 Å². The van der Waals surface area contributed by atoms with Gasteiger partial charge in [0.15, 0.2) is 0 Å². The maximum atomic E-state index is 13.1. The van der Waals surface area contributed by atoms with Crippen LogP contribution in [0.5, 0.6) is 0 Å². The van der Waals surface area contributed by atoms with Crippen molar-refractivity contribution in [1.29, 1.82) is 0 Å². The van der Waals surface area contributed by atoms with Gasteiger partial charge in [0.05, 0.1) is 13.0 Å². The highest BCUT2D eigenvalue weighted by Crippen LogP contribution is 2.17. The number of rotatable bonds is 6. The zero-order chi connectivity index (χ0) is 24.1. The number of amides is 3. The van der Waals surface area contributed by atoms with Gasteiger partial charge in [0.25, 0.3) is 0 Å². The summed E-state index contributed by atoms with van der Waals surface area (Å²) in [5, 5.41) is 5.65. The zero-order valence-electron chi connectivity index (χ0n) is 19.8. The number of carbonyl (C=O) groups excluding carboxylic acids is 3. The number of piperazine rings is 2. The first-order valence-electron chi connectivity index (χ1n) is 11.7. The van der Waals surface area contributed by atoms with Crippen LogP contribution in [0.1, 0.15) is 17.5 Å². The molecule has 2 aromatic rings. The second kappa shape index (κ2) is 10.6. The van der Waals surface area contributed by atoms with Crippen molar-refractivity contribution < 1.29 is 14.4 Å². The molecule has 9 heteroatoms. The number of hydrogen-bond donors (Lipinski definition) is 2. The van der Waals surface area contributed by atoms with Gasteiger partial charge in [-0.15, -0.1) is 0 Å². The van der Waals surface area contributed by atoms with Crippen molar-refractivity contribution in [2.75, 3.05) is 56.0 Å². The van der Waals surface area contributed by atoms with Gasteiger partial charge >= 0.3 is 0 Å². The molecule has 3 amide bonds. The Bertz CT molecular complexity index is 1040. The Labute approximate surface area is 200 Å². The maximum Gasteiger partial charge on any atom is 0.243 e. The van der Waals surface area contributed by atoms with Gasteiger partial charge in [-0.3, -0.25) is 19.3 Å². The molecule has 2 N–H and O–H groups in total. The summed E-state index contributed by atoms with van der Waals surface area (Å²) in [7, 11) is 0. The fourth-order valence-electron chi connectivity index (χ4n) is 4.38. The monoisotopic (exact) mass is 464 g/mol. The first kappa shape index (κ1) is 23.7. The lowest BCUT2D eigenvalue weighted by Gasteiger charge is -2.38. The highest BCUT2D eigenvalue weighted by Gasteiger charge is 2.35. The lowest BCUT2D eigenvalue weighted by Crippen LogP contribution is -2.60. The van der Waals surface area contributed by atoms with Crippen molar-refractivity contribution in [3.05, 3.63) is 53.7 Å². The molecule has 0 unspecified atom stereocenters. The number of pyridine rings is 1. The third-order valence-corrected chi connectivity index (χ3v) is 6.52. The molecular formula is C25H32N6O3. The molecule has 180 valence electrons. The van der Waals surface area contributed by atoms with Gasteiger partial charge in [0, 0.05) is 51.2 Å². The molecule has 2 fully saturated rings. The molecule has 0 saturated carbocycles. The van der Waals surface area contributed by atoms with E-state index in [4.69, 9.17) is 0 Å². The van der Waals surface area contributed by atoms with E-state index in [1.165, 1.54) is 0 Å². The van der Waals surface area contributed by atoms with Gasteiger partial charge in [-0.25, -0.2) is 4.98 Å². The molecule has 1 aromatic carbocycles. The highest BCUT2D eigenvalue weighted by molar-refractivity contribution is 5.97. The fraction of sp³-hybridized carbons (Fsp3) is 0.440. The number of aryl methyl sites for hydroxylation is 2. The Morgan fingerprint density at radius 3 is 2.56 bits per heavy atom. The number of aromatic nitrogens is 1. The van der Waals surface area contributed by atoms with Gasteiger partial charge in [-0.05, 0) is 49.2 Å². The van der Waals surface area contributed by atoms with E-state index in [0.29, 0.717) is 18.8 Å². The molecule has 34 heavy (non-hydrogen) atoms. The van der Waals surface area contributed by atoms with Crippen LogP contribution in [-0.2, 0) is 14.4 Å². The second-order valence-electron chi connectivity index (χ2n) is 8.90. The molecule has 4 rings (SSSR count). The Morgan fingerprint density at radius 1 is 1.06 bits per heavy atom. The van der Waals surface area contributed by atoms with Gasteiger partial charge in [-0.1, -0.05) is 12.1 Å². The van der Waals surface area contributed by atoms with E-state index >= 15 is 0 Å². The number of hydrogen-bond acceptors (Lipinski definition) is 6. The van der Waals surface area contributed by atoms with E-state index in [0.717, 1.165) is 43.1 Å². The van der Waals surface area contributed by atoms with Crippen molar-refractivity contribution in [2.45, 2.75) is 26.3 Å². The van der Waals surface area contributed by atoms with Crippen LogP contribution < -0.4 is 15.5 Å². The minimum atomic E-state index is -0.803. The summed E-state index contributed by atoms with van der Waals surface area (Å²) in [6, 6.07) is 10.7. The molecular weight excluding hydrogens is 432 g/mol. The van der Waals surface area contributed by atoms with E-state index in [2.05, 4.69) is 25.4 Å². The molecule has 2 aliphatic heterocycles. The lowest BCUT2D eigenvalue weighted by molar-refractivity contribution is -0.145. The number of benzene rings is 1. The van der Waals surface area contributed by atoms with Crippen LogP contribution in [0.2, 0.25) is 0 Å². The van der Waals surface area contributed by atoms with Gasteiger partial charge in [-0.2, -0.15) is 0 Å². The third kappa shape index (κ3) is 5.72. The minimum absolute atomic E-state index is 0.0715. The summed E-state index contributed by atoms with van der Waals surface area (Å²) >= 11 is 0. The molecule has 1 aromatic heterocycles. The summed E-state index contributed by atoms with van der Waals surface area (Å²) in [6.07, 6.45) is 1.71. The lowest BCUT2D eigenvalue weighted by atomic mass is 10.1. The normalized spacial score (nSPS) is 19.0. The van der Waals surface area contributed by atoms with Crippen LogP contribution in [-0.4, -0.2) is 84.4 Å². The van der Waals surface area contributed by atoms with Crippen LogP contribution in [0.15, 0.2) is 42.6 Å². The molecule has 9 nitrogen and oxygen atoms in total. The van der Waals surface area contributed by atoms with E-state index in [1.54, 1.807) is 11.1 Å². The summed E-state index contributed by atoms with van der Waals surface area (Å²) in [5.41, 5.74) is 2.91. The largest absolute Gasteiger partial charge is 0.354 e. The van der Waals surface area contributed by atoms with Crippen LogP contribution in [0.25, 0.3) is 0 Å². The quantitative estimate of drug-likeness (QED) is 0.666. The fourth-order valence-corrected chi connectivity index (χ4v) is 4.38. The molecule has 3 heterocycles. The van der Waals surface area contributed by atoms with Crippen molar-refractivity contribution in [1.82, 2.24) is 20.1 Å². The molecule has 1 atom stereocenters. The number of anilines is 2. The highest BCUT2D eigenvalue weighted by atomic mass is 16.2. The molecule has 2 saturated heterocycles. The maximum absolute atomic E-state index is 13.1. The van der Waals surface area contributed by atoms with Gasteiger partial charge in [0.1, 0.15) is 11.9 Å². The Kier molecular flexibility index (Phi) is 7.42. The summed E-state index contributed by atoms with van der Waals surface area (Å²) in [6.45, 7) is 8.07. The Balaban J connectivity index is 1.33. The smallest absolute Gasteiger partial charge is 0.243 e. The van der Waals surface area contributed by atoms with E-state index < -0.39 is 6.04 Å². The summed E-state index contributed by atoms with van der Waals surface area (Å²) in [4.78, 5) is 48.7. The molecule has 0 spiro atoms. The third-order valence-electron chi connectivity index (χ3n) is 6.52. The second-order valence-corrected chi connectivity index (χ2v) is 8.90. The predicted octanol–water partition coefficient (Wildman–Crippen LogP) is 1.18. The SMILES string of the molecule is Cc1ccc(NC(=O)C[C@@H]2C(=O)NCCN2C(=O)CN2CCN(c3ccccn3)CC2)cc1C. The molecule has 0 radical (unpaired) electrons. The average Bonchev–Trinajstić information content (AvgIpc) is 2.83. The Hall–Kier alpha value is -3.46. The zero-order valence-corrected chi connectivity index (χ0v) is 19.8. The molecule has 0 aliphatic carbocycles. The van der Waals surface area contributed by atoms with Crippen molar-refractivity contribution in [2.24, 2.45) is 0 Å². The standard InChI is InChI=1S/C25H32N6O3/c1-18-6-7-20(15-19(18)2)28-23(32)16-21-25(34)27-9-10-31(21)24(33)17-29-11-13-30(14-12-29)22-5-3-4-8-26-22/h3-8,15,21H,9-14,16-17H2,1-2H3,(H,27,34)(H,28,32)/t21-/m1/s1. The number of nitrogens with zero attached hydrogens (tertiary/aromatic N) is 4. The van der Waals surface area contributed by atoms with Crippen molar-refractivity contribution >= 4 is 29.2 Å². The van der Waals surface area contributed by atoms with Crippen molar-refractivity contribution in [3.8, 4) is 0 Å².